The summed E-state index contributed by atoms with van der Waals surface area (Å²) in [5, 5.41) is 4.44. The first-order valence-corrected chi connectivity index (χ1v) is 6.65. The standard InChI is InChI=1S/C14H17Cl2NO/c1-3-5-7-18-14-11(10-17-6-4-2)8-12(15)9-13(14)16/h8-9,17H,4,6-7,10H2,1-2H3. The van der Waals surface area contributed by atoms with Crippen molar-refractivity contribution in [3.8, 4) is 17.6 Å². The average molecular weight is 286 g/mol. The number of hydrogen-bond donors (Lipinski definition) is 1. The molecule has 1 aromatic carbocycles. The summed E-state index contributed by atoms with van der Waals surface area (Å²) in [4.78, 5) is 0. The van der Waals surface area contributed by atoms with Crippen LogP contribution in [0.15, 0.2) is 12.1 Å². The summed E-state index contributed by atoms with van der Waals surface area (Å²) in [6.45, 7) is 5.85. The molecule has 0 aliphatic rings. The molecule has 0 unspecified atom stereocenters. The molecule has 1 aromatic rings. The minimum atomic E-state index is 0.332. The quantitative estimate of drug-likeness (QED) is 0.632. The Hall–Kier alpha value is -0.880. The topological polar surface area (TPSA) is 21.3 Å². The van der Waals surface area contributed by atoms with Gasteiger partial charge in [-0.3, -0.25) is 0 Å². The van der Waals surface area contributed by atoms with Crippen LogP contribution in [-0.4, -0.2) is 13.2 Å². The molecule has 1 rings (SSSR count). The van der Waals surface area contributed by atoms with Gasteiger partial charge in [0.05, 0.1) is 5.02 Å². The third-order valence-electron chi connectivity index (χ3n) is 2.29. The normalized spacial score (nSPS) is 9.78. The number of rotatable bonds is 6. The molecule has 2 nitrogen and oxygen atoms in total. The van der Waals surface area contributed by atoms with Crippen molar-refractivity contribution in [2.75, 3.05) is 13.2 Å². The molecule has 0 aromatic heterocycles. The monoisotopic (exact) mass is 285 g/mol. The second kappa shape index (κ2) is 8.26. The van der Waals surface area contributed by atoms with E-state index in [-0.39, 0.29) is 0 Å². The molecule has 1 N–H and O–H groups in total. The Balaban J connectivity index is 2.84. The highest BCUT2D eigenvalue weighted by Gasteiger charge is 2.10. The van der Waals surface area contributed by atoms with Gasteiger partial charge in [-0.05, 0) is 32.0 Å². The molecule has 4 heteroatoms. The molecule has 0 spiro atoms. The fraction of sp³-hybridized carbons (Fsp3) is 0.429. The zero-order valence-corrected chi connectivity index (χ0v) is 12.2. The smallest absolute Gasteiger partial charge is 0.149 e. The van der Waals surface area contributed by atoms with Crippen LogP contribution in [0.1, 0.15) is 25.8 Å². The van der Waals surface area contributed by atoms with Crippen LogP contribution in [0.5, 0.6) is 5.75 Å². The minimum absolute atomic E-state index is 0.332. The molecule has 0 bridgehead atoms. The maximum Gasteiger partial charge on any atom is 0.149 e. The maximum absolute atomic E-state index is 6.14. The van der Waals surface area contributed by atoms with Crippen LogP contribution in [0, 0.1) is 11.8 Å². The predicted molar refractivity (Wildman–Crippen MR) is 77.4 cm³/mol. The first kappa shape index (κ1) is 15.2. The number of halogens is 2. The summed E-state index contributed by atoms with van der Waals surface area (Å²) in [6.07, 6.45) is 1.08. The summed E-state index contributed by atoms with van der Waals surface area (Å²) in [7, 11) is 0. The lowest BCUT2D eigenvalue weighted by molar-refractivity contribution is 0.365. The van der Waals surface area contributed by atoms with Gasteiger partial charge in [0.15, 0.2) is 0 Å². The Morgan fingerprint density at radius 1 is 1.33 bits per heavy atom. The fourth-order valence-electron chi connectivity index (χ4n) is 1.49. The Morgan fingerprint density at radius 2 is 2.11 bits per heavy atom. The third kappa shape index (κ3) is 4.78. The van der Waals surface area contributed by atoms with Crippen molar-refractivity contribution in [1.82, 2.24) is 5.32 Å². The average Bonchev–Trinajstić information content (AvgIpc) is 2.32. The van der Waals surface area contributed by atoms with E-state index >= 15 is 0 Å². The molecule has 0 aliphatic carbocycles. The second-order valence-electron chi connectivity index (χ2n) is 3.77. The second-order valence-corrected chi connectivity index (χ2v) is 4.61. The minimum Gasteiger partial charge on any atom is -0.479 e. The Bertz CT molecular complexity index is 449. The predicted octanol–water partition coefficient (Wildman–Crippen LogP) is 3.90. The van der Waals surface area contributed by atoms with Crippen LogP contribution < -0.4 is 10.1 Å². The van der Waals surface area contributed by atoms with Crippen LogP contribution in [0.4, 0.5) is 0 Å². The van der Waals surface area contributed by atoms with E-state index in [1.165, 1.54) is 0 Å². The molecule has 0 saturated heterocycles. The van der Waals surface area contributed by atoms with Crippen molar-refractivity contribution in [3.05, 3.63) is 27.7 Å². The summed E-state index contributed by atoms with van der Waals surface area (Å²) in [5.41, 5.74) is 0.957. The molecule has 0 saturated carbocycles. The Labute approximate surface area is 119 Å². The van der Waals surface area contributed by atoms with Crippen molar-refractivity contribution in [1.29, 1.82) is 0 Å². The summed E-state index contributed by atoms with van der Waals surface area (Å²) in [5.74, 6) is 6.29. The maximum atomic E-state index is 6.14. The van der Waals surface area contributed by atoms with Crippen LogP contribution in [0.2, 0.25) is 10.0 Å². The van der Waals surface area contributed by atoms with E-state index in [0.29, 0.717) is 28.9 Å². The third-order valence-corrected chi connectivity index (χ3v) is 2.79. The van der Waals surface area contributed by atoms with Crippen molar-refractivity contribution >= 4 is 23.2 Å². The van der Waals surface area contributed by atoms with E-state index in [0.717, 1.165) is 18.5 Å². The van der Waals surface area contributed by atoms with Crippen molar-refractivity contribution in [3.63, 3.8) is 0 Å². The lowest BCUT2D eigenvalue weighted by Crippen LogP contribution is -2.15. The van der Waals surface area contributed by atoms with Gasteiger partial charge in [0.2, 0.25) is 0 Å². The molecule has 0 amide bonds. The molecule has 0 fully saturated rings. The van der Waals surface area contributed by atoms with Gasteiger partial charge >= 0.3 is 0 Å². The van der Waals surface area contributed by atoms with E-state index in [1.807, 2.05) is 6.07 Å². The van der Waals surface area contributed by atoms with Gasteiger partial charge in [-0.15, -0.1) is 5.92 Å². The van der Waals surface area contributed by atoms with Gasteiger partial charge in [0, 0.05) is 17.1 Å². The Morgan fingerprint density at radius 3 is 2.78 bits per heavy atom. The molecule has 0 aliphatic heterocycles. The number of hydrogen-bond acceptors (Lipinski definition) is 2. The zero-order chi connectivity index (χ0) is 13.4. The van der Waals surface area contributed by atoms with Crippen LogP contribution in [0.25, 0.3) is 0 Å². The van der Waals surface area contributed by atoms with Crippen molar-refractivity contribution in [2.24, 2.45) is 0 Å². The molecule has 98 valence electrons. The molecule has 0 atom stereocenters. The van der Waals surface area contributed by atoms with Gasteiger partial charge in [0.25, 0.3) is 0 Å². The Kier molecular flexibility index (Phi) is 6.97. The molecular formula is C14H17Cl2NO. The summed E-state index contributed by atoms with van der Waals surface area (Å²) >= 11 is 12.1. The molecule has 0 radical (unpaired) electrons. The van der Waals surface area contributed by atoms with Crippen molar-refractivity contribution < 1.29 is 4.74 Å². The van der Waals surface area contributed by atoms with Gasteiger partial charge in [-0.1, -0.05) is 36.0 Å². The number of nitrogens with one attached hydrogen (secondary N) is 1. The molecule has 18 heavy (non-hydrogen) atoms. The summed E-state index contributed by atoms with van der Waals surface area (Å²) in [6, 6.07) is 3.55. The van der Waals surface area contributed by atoms with Crippen LogP contribution in [-0.2, 0) is 6.54 Å². The highest BCUT2D eigenvalue weighted by Crippen LogP contribution is 2.32. The van der Waals surface area contributed by atoms with E-state index in [4.69, 9.17) is 27.9 Å². The lowest BCUT2D eigenvalue weighted by Gasteiger charge is -2.12. The van der Waals surface area contributed by atoms with Crippen LogP contribution in [0.3, 0.4) is 0 Å². The van der Waals surface area contributed by atoms with Gasteiger partial charge in [-0.2, -0.15) is 0 Å². The van der Waals surface area contributed by atoms with E-state index < -0.39 is 0 Å². The van der Waals surface area contributed by atoms with Gasteiger partial charge in [-0.25, -0.2) is 0 Å². The van der Waals surface area contributed by atoms with Crippen LogP contribution >= 0.6 is 23.2 Å². The van der Waals surface area contributed by atoms with Gasteiger partial charge < -0.3 is 10.1 Å². The SMILES string of the molecule is CC#CCOc1c(Cl)cc(Cl)cc1CNCCC. The first-order valence-electron chi connectivity index (χ1n) is 5.90. The highest BCUT2D eigenvalue weighted by atomic mass is 35.5. The van der Waals surface area contributed by atoms with E-state index in [9.17, 15) is 0 Å². The van der Waals surface area contributed by atoms with Gasteiger partial charge in [0.1, 0.15) is 12.4 Å². The van der Waals surface area contributed by atoms with E-state index in [2.05, 4.69) is 24.1 Å². The van der Waals surface area contributed by atoms with Crippen molar-refractivity contribution in [2.45, 2.75) is 26.8 Å². The largest absolute Gasteiger partial charge is 0.479 e. The van der Waals surface area contributed by atoms with E-state index in [1.54, 1.807) is 13.0 Å². The molecule has 0 heterocycles. The number of benzene rings is 1. The summed E-state index contributed by atoms with van der Waals surface area (Å²) < 4.78 is 5.59. The highest BCUT2D eigenvalue weighted by molar-refractivity contribution is 6.35. The zero-order valence-electron chi connectivity index (χ0n) is 10.6. The molecular weight excluding hydrogens is 269 g/mol. The fourth-order valence-corrected chi connectivity index (χ4v) is 2.08. The first-order chi connectivity index (χ1) is 8.69. The number of ether oxygens (including phenoxy) is 1. The lowest BCUT2D eigenvalue weighted by atomic mass is 10.2.